The molecular formula is C14H18N4O. The summed E-state index contributed by atoms with van der Waals surface area (Å²) in [5.41, 5.74) is 0.811. The third-order valence-corrected chi connectivity index (χ3v) is 2.90. The number of benzene rings is 1. The summed E-state index contributed by atoms with van der Waals surface area (Å²) < 4.78 is 1.77. The fraction of sp³-hybridized carbons (Fsp3) is 0.357. The lowest BCUT2D eigenvalue weighted by atomic mass is 10.1. The van der Waals surface area contributed by atoms with E-state index in [1.165, 1.54) is 0 Å². The average Bonchev–Trinajstić information content (AvgIpc) is 2.69. The zero-order chi connectivity index (χ0) is 13.8. The second-order valence-corrected chi connectivity index (χ2v) is 4.64. The van der Waals surface area contributed by atoms with Gasteiger partial charge in [-0.1, -0.05) is 25.1 Å². The van der Waals surface area contributed by atoms with E-state index in [1.807, 2.05) is 51.1 Å². The summed E-state index contributed by atoms with van der Waals surface area (Å²) in [4.78, 5) is 16.3. The Bertz CT molecular complexity index is 562. The Morgan fingerprint density at radius 1 is 1.32 bits per heavy atom. The molecule has 5 heteroatoms. The van der Waals surface area contributed by atoms with Gasteiger partial charge >= 0.3 is 0 Å². The zero-order valence-electron chi connectivity index (χ0n) is 11.4. The fourth-order valence-corrected chi connectivity index (χ4v) is 1.86. The van der Waals surface area contributed by atoms with E-state index in [-0.39, 0.29) is 11.8 Å². The summed E-state index contributed by atoms with van der Waals surface area (Å²) in [6.07, 6.45) is 0. The minimum atomic E-state index is -0.167. The molecule has 0 aliphatic heterocycles. The number of hydrogen-bond donors (Lipinski definition) is 1. The molecule has 2 rings (SSSR count). The molecule has 100 valence electrons. The van der Waals surface area contributed by atoms with Crippen LogP contribution in [0.15, 0.2) is 30.3 Å². The normalized spacial score (nSPS) is 12.2. The summed E-state index contributed by atoms with van der Waals surface area (Å²) >= 11 is 0. The minimum Gasteiger partial charge on any atom is -0.326 e. The fourth-order valence-electron chi connectivity index (χ4n) is 1.86. The van der Waals surface area contributed by atoms with Gasteiger partial charge in [0.15, 0.2) is 0 Å². The molecule has 5 nitrogen and oxygen atoms in total. The van der Waals surface area contributed by atoms with Gasteiger partial charge in [0.2, 0.25) is 5.91 Å². The number of aryl methyl sites for hydroxylation is 2. The van der Waals surface area contributed by atoms with E-state index < -0.39 is 0 Å². The molecule has 0 saturated carbocycles. The van der Waals surface area contributed by atoms with Crippen LogP contribution in [-0.4, -0.2) is 20.7 Å². The van der Waals surface area contributed by atoms with Crippen molar-refractivity contribution < 1.29 is 4.79 Å². The highest BCUT2D eigenvalue weighted by Crippen LogP contribution is 2.09. The van der Waals surface area contributed by atoms with Crippen LogP contribution in [0.5, 0.6) is 0 Å². The standard InChI is InChI=1S/C14H18N4O/c1-10(9-18-12(3)15-11(2)17-18)14(19)16-13-7-5-4-6-8-13/h4-8,10H,9H2,1-3H3,(H,16,19)/t10-/m1/s1. The van der Waals surface area contributed by atoms with Crippen molar-refractivity contribution in [3.05, 3.63) is 42.0 Å². The van der Waals surface area contributed by atoms with Crippen molar-refractivity contribution in [1.82, 2.24) is 14.8 Å². The number of nitrogens with zero attached hydrogens (tertiary/aromatic N) is 3. The van der Waals surface area contributed by atoms with Gasteiger partial charge in [0, 0.05) is 5.69 Å². The van der Waals surface area contributed by atoms with Gasteiger partial charge in [0.25, 0.3) is 0 Å². The van der Waals surface area contributed by atoms with Gasteiger partial charge in [-0.05, 0) is 26.0 Å². The molecule has 1 amide bonds. The maximum absolute atomic E-state index is 12.1. The minimum absolute atomic E-state index is 0.0150. The van der Waals surface area contributed by atoms with E-state index in [2.05, 4.69) is 15.4 Å². The smallest absolute Gasteiger partial charge is 0.229 e. The quantitative estimate of drug-likeness (QED) is 0.914. The number of rotatable bonds is 4. The summed E-state index contributed by atoms with van der Waals surface area (Å²) in [7, 11) is 0. The summed E-state index contributed by atoms with van der Waals surface area (Å²) in [5, 5.41) is 7.15. The third kappa shape index (κ3) is 3.40. The first-order valence-corrected chi connectivity index (χ1v) is 6.30. The number of carbonyl (C=O) groups is 1. The molecule has 1 aromatic carbocycles. The molecule has 0 saturated heterocycles. The Morgan fingerprint density at radius 3 is 2.58 bits per heavy atom. The molecule has 0 bridgehead atoms. The molecule has 1 atom stereocenters. The topological polar surface area (TPSA) is 59.8 Å². The first kappa shape index (κ1) is 13.3. The van der Waals surface area contributed by atoms with E-state index in [0.29, 0.717) is 6.54 Å². The molecule has 0 unspecified atom stereocenters. The van der Waals surface area contributed by atoms with Crippen LogP contribution in [0.3, 0.4) is 0 Å². The van der Waals surface area contributed by atoms with Gasteiger partial charge in [-0.3, -0.25) is 4.79 Å². The first-order chi connectivity index (χ1) is 9.06. The largest absolute Gasteiger partial charge is 0.326 e. The lowest BCUT2D eigenvalue weighted by molar-refractivity contribution is -0.119. The molecule has 1 N–H and O–H groups in total. The number of hydrogen-bond acceptors (Lipinski definition) is 3. The summed E-state index contributed by atoms with van der Waals surface area (Å²) in [5.74, 6) is 1.38. The maximum atomic E-state index is 12.1. The van der Waals surface area contributed by atoms with Crippen LogP contribution in [0.4, 0.5) is 5.69 Å². The van der Waals surface area contributed by atoms with Crippen molar-refractivity contribution in [2.75, 3.05) is 5.32 Å². The Kier molecular flexibility index (Phi) is 3.94. The summed E-state index contributed by atoms with van der Waals surface area (Å²) in [6.45, 7) is 6.15. The van der Waals surface area contributed by atoms with Gasteiger partial charge < -0.3 is 5.32 Å². The van der Waals surface area contributed by atoms with E-state index >= 15 is 0 Å². The van der Waals surface area contributed by atoms with Crippen LogP contribution < -0.4 is 5.32 Å². The SMILES string of the molecule is Cc1nc(C)n(C[C@@H](C)C(=O)Nc2ccccc2)n1. The highest BCUT2D eigenvalue weighted by molar-refractivity contribution is 5.92. The molecule has 0 aliphatic carbocycles. The average molecular weight is 258 g/mol. The third-order valence-electron chi connectivity index (χ3n) is 2.90. The second-order valence-electron chi connectivity index (χ2n) is 4.64. The maximum Gasteiger partial charge on any atom is 0.229 e. The Balaban J connectivity index is 1.98. The van der Waals surface area contributed by atoms with Crippen LogP contribution in [0, 0.1) is 19.8 Å². The van der Waals surface area contributed by atoms with Crippen molar-refractivity contribution in [3.8, 4) is 0 Å². The molecule has 0 radical (unpaired) electrons. The molecule has 19 heavy (non-hydrogen) atoms. The van der Waals surface area contributed by atoms with Gasteiger partial charge in [-0.15, -0.1) is 0 Å². The number of nitrogens with one attached hydrogen (secondary N) is 1. The van der Waals surface area contributed by atoms with Crippen molar-refractivity contribution in [3.63, 3.8) is 0 Å². The summed E-state index contributed by atoms with van der Waals surface area (Å²) in [6, 6.07) is 9.45. The molecule has 1 aromatic heterocycles. The number of amides is 1. The number of carbonyl (C=O) groups excluding carboxylic acids is 1. The van der Waals surface area contributed by atoms with E-state index in [9.17, 15) is 4.79 Å². The molecule has 0 fully saturated rings. The van der Waals surface area contributed by atoms with E-state index in [1.54, 1.807) is 4.68 Å². The van der Waals surface area contributed by atoms with Gasteiger partial charge in [0.05, 0.1) is 12.5 Å². The van der Waals surface area contributed by atoms with Crippen LogP contribution >= 0.6 is 0 Å². The van der Waals surface area contributed by atoms with Crippen molar-refractivity contribution in [2.24, 2.45) is 5.92 Å². The molecule has 2 aromatic rings. The number of anilines is 1. The van der Waals surface area contributed by atoms with Crippen molar-refractivity contribution in [1.29, 1.82) is 0 Å². The van der Waals surface area contributed by atoms with E-state index in [0.717, 1.165) is 17.3 Å². The molecular weight excluding hydrogens is 240 g/mol. The number of aromatic nitrogens is 3. The monoisotopic (exact) mass is 258 g/mol. The lowest BCUT2D eigenvalue weighted by Gasteiger charge is -2.12. The van der Waals surface area contributed by atoms with Gasteiger partial charge in [-0.2, -0.15) is 5.10 Å². The van der Waals surface area contributed by atoms with Crippen molar-refractivity contribution >= 4 is 11.6 Å². The molecule has 0 aliphatic rings. The second kappa shape index (κ2) is 5.65. The highest BCUT2D eigenvalue weighted by Gasteiger charge is 2.15. The van der Waals surface area contributed by atoms with Crippen LogP contribution in [-0.2, 0) is 11.3 Å². The first-order valence-electron chi connectivity index (χ1n) is 6.30. The van der Waals surface area contributed by atoms with Crippen LogP contribution in [0.1, 0.15) is 18.6 Å². The predicted molar refractivity (Wildman–Crippen MR) is 73.7 cm³/mol. The van der Waals surface area contributed by atoms with Crippen molar-refractivity contribution in [2.45, 2.75) is 27.3 Å². The Labute approximate surface area is 112 Å². The zero-order valence-corrected chi connectivity index (χ0v) is 11.4. The predicted octanol–water partition coefficient (Wildman–Crippen LogP) is 2.17. The van der Waals surface area contributed by atoms with E-state index in [4.69, 9.17) is 0 Å². The van der Waals surface area contributed by atoms with Gasteiger partial charge in [0.1, 0.15) is 11.6 Å². The number of para-hydroxylation sites is 1. The van der Waals surface area contributed by atoms with Crippen LogP contribution in [0.25, 0.3) is 0 Å². The Hall–Kier alpha value is -2.17. The van der Waals surface area contributed by atoms with Crippen LogP contribution in [0.2, 0.25) is 0 Å². The Morgan fingerprint density at radius 2 is 2.00 bits per heavy atom. The lowest BCUT2D eigenvalue weighted by Crippen LogP contribution is -2.25. The highest BCUT2D eigenvalue weighted by atomic mass is 16.1. The molecule has 0 spiro atoms. The molecule has 1 heterocycles. The van der Waals surface area contributed by atoms with Gasteiger partial charge in [-0.25, -0.2) is 9.67 Å².